The van der Waals surface area contributed by atoms with Gasteiger partial charge in [-0.2, -0.15) is 5.10 Å². The third-order valence-electron chi connectivity index (χ3n) is 2.52. The zero-order valence-electron chi connectivity index (χ0n) is 10.1. The van der Waals surface area contributed by atoms with Crippen LogP contribution in [0.5, 0.6) is 0 Å². The smallest absolute Gasteiger partial charge is 0.0538 e. The maximum Gasteiger partial charge on any atom is 0.0538 e. The molecule has 0 aliphatic heterocycles. The number of aromatic nitrogens is 2. The molecular formula is C11H22N4. The third kappa shape index (κ3) is 3.32. The van der Waals surface area contributed by atoms with Gasteiger partial charge in [-0.1, -0.05) is 13.8 Å². The second kappa shape index (κ2) is 5.28. The molecule has 0 saturated heterocycles. The van der Waals surface area contributed by atoms with Crippen LogP contribution in [-0.2, 0) is 7.05 Å². The molecule has 0 spiro atoms. The molecule has 0 aliphatic rings. The summed E-state index contributed by atoms with van der Waals surface area (Å²) in [7, 11) is 4.05. The van der Waals surface area contributed by atoms with Crippen molar-refractivity contribution in [2.75, 3.05) is 20.1 Å². The van der Waals surface area contributed by atoms with E-state index >= 15 is 0 Å². The van der Waals surface area contributed by atoms with Crippen molar-refractivity contribution in [2.24, 2.45) is 18.7 Å². The number of nitrogens with two attached hydrogens (primary N) is 1. The number of hydrogen-bond donors (Lipinski definition) is 1. The Labute approximate surface area is 92.1 Å². The van der Waals surface area contributed by atoms with Gasteiger partial charge in [-0.05, 0) is 13.0 Å². The van der Waals surface area contributed by atoms with Crippen molar-refractivity contribution in [1.29, 1.82) is 0 Å². The number of aryl methyl sites for hydroxylation is 1. The molecule has 0 aliphatic carbocycles. The van der Waals surface area contributed by atoms with Gasteiger partial charge in [0.25, 0.3) is 0 Å². The van der Waals surface area contributed by atoms with E-state index in [2.05, 4.69) is 30.9 Å². The largest absolute Gasteiger partial charge is 0.329 e. The molecule has 0 amide bonds. The second-order valence-corrected chi connectivity index (χ2v) is 4.53. The lowest BCUT2D eigenvalue weighted by atomic mass is 10.1. The van der Waals surface area contributed by atoms with Crippen molar-refractivity contribution in [1.82, 2.24) is 14.7 Å². The molecule has 1 unspecified atom stereocenters. The second-order valence-electron chi connectivity index (χ2n) is 4.53. The van der Waals surface area contributed by atoms with Gasteiger partial charge in [-0.3, -0.25) is 9.58 Å². The van der Waals surface area contributed by atoms with Crippen molar-refractivity contribution in [3.05, 3.63) is 18.0 Å². The van der Waals surface area contributed by atoms with Gasteiger partial charge in [0.1, 0.15) is 0 Å². The van der Waals surface area contributed by atoms with Gasteiger partial charge in [-0.25, -0.2) is 0 Å². The van der Waals surface area contributed by atoms with Crippen molar-refractivity contribution in [2.45, 2.75) is 19.9 Å². The van der Waals surface area contributed by atoms with E-state index in [9.17, 15) is 0 Å². The predicted molar refractivity (Wildman–Crippen MR) is 62.5 cm³/mol. The normalized spacial score (nSPS) is 13.8. The predicted octanol–water partition coefficient (Wildman–Crippen LogP) is 1.01. The number of rotatable bonds is 5. The summed E-state index contributed by atoms with van der Waals surface area (Å²) < 4.78 is 1.82. The molecule has 1 aromatic heterocycles. The highest BCUT2D eigenvalue weighted by Crippen LogP contribution is 2.18. The van der Waals surface area contributed by atoms with Crippen LogP contribution >= 0.6 is 0 Å². The summed E-state index contributed by atoms with van der Waals surface area (Å²) in [4.78, 5) is 2.29. The Kier molecular flexibility index (Phi) is 4.29. The Morgan fingerprint density at radius 2 is 2.20 bits per heavy atom. The summed E-state index contributed by atoms with van der Waals surface area (Å²) in [5.41, 5.74) is 7.01. The maximum atomic E-state index is 5.81. The Morgan fingerprint density at radius 3 is 2.60 bits per heavy atom. The first-order chi connectivity index (χ1) is 7.04. The molecule has 0 radical (unpaired) electrons. The zero-order valence-corrected chi connectivity index (χ0v) is 10.1. The van der Waals surface area contributed by atoms with Crippen LogP contribution in [0.4, 0.5) is 0 Å². The van der Waals surface area contributed by atoms with Crippen molar-refractivity contribution in [3.8, 4) is 0 Å². The van der Waals surface area contributed by atoms with E-state index in [4.69, 9.17) is 5.73 Å². The SMILES string of the molecule is CC(C)CN(C)C(CN)c1cnn(C)c1. The molecule has 0 saturated carbocycles. The summed E-state index contributed by atoms with van der Waals surface area (Å²) in [5, 5.41) is 4.18. The van der Waals surface area contributed by atoms with Gasteiger partial charge in [0.2, 0.25) is 0 Å². The fourth-order valence-corrected chi connectivity index (χ4v) is 1.89. The Morgan fingerprint density at radius 1 is 1.53 bits per heavy atom. The highest BCUT2D eigenvalue weighted by atomic mass is 15.2. The molecule has 1 aromatic rings. The van der Waals surface area contributed by atoms with E-state index in [0.29, 0.717) is 12.5 Å². The molecule has 4 heteroatoms. The fourth-order valence-electron chi connectivity index (χ4n) is 1.89. The summed E-state index contributed by atoms with van der Waals surface area (Å²) in [5.74, 6) is 0.653. The first-order valence-corrected chi connectivity index (χ1v) is 5.43. The summed E-state index contributed by atoms with van der Waals surface area (Å²) >= 11 is 0. The number of nitrogens with zero attached hydrogens (tertiary/aromatic N) is 3. The lowest BCUT2D eigenvalue weighted by Crippen LogP contribution is -2.33. The van der Waals surface area contributed by atoms with Gasteiger partial charge in [-0.15, -0.1) is 0 Å². The van der Waals surface area contributed by atoms with Crippen LogP contribution in [0.15, 0.2) is 12.4 Å². The van der Waals surface area contributed by atoms with E-state index in [1.165, 1.54) is 5.56 Å². The van der Waals surface area contributed by atoms with Gasteiger partial charge in [0.15, 0.2) is 0 Å². The topological polar surface area (TPSA) is 47.1 Å². The van der Waals surface area contributed by atoms with E-state index in [1.54, 1.807) is 0 Å². The number of likely N-dealkylation sites (N-methyl/N-ethyl adjacent to an activating group) is 1. The van der Waals surface area contributed by atoms with Gasteiger partial charge >= 0.3 is 0 Å². The standard InChI is InChI=1S/C11H22N4/c1-9(2)7-14(3)11(5-12)10-6-13-15(4)8-10/h6,8-9,11H,5,7,12H2,1-4H3. The molecular weight excluding hydrogens is 188 g/mol. The Bertz CT molecular complexity index is 293. The van der Waals surface area contributed by atoms with Gasteiger partial charge in [0, 0.05) is 37.9 Å². The Balaban J connectivity index is 2.70. The van der Waals surface area contributed by atoms with E-state index in [1.807, 2.05) is 24.1 Å². The quantitative estimate of drug-likeness (QED) is 0.789. The summed E-state index contributed by atoms with van der Waals surface area (Å²) in [6.07, 6.45) is 3.93. The van der Waals surface area contributed by atoms with E-state index < -0.39 is 0 Å². The molecule has 15 heavy (non-hydrogen) atoms. The van der Waals surface area contributed by atoms with Gasteiger partial charge in [0.05, 0.1) is 6.20 Å². The van der Waals surface area contributed by atoms with Crippen LogP contribution in [0.25, 0.3) is 0 Å². The number of hydrogen-bond acceptors (Lipinski definition) is 3. The molecule has 1 rings (SSSR count). The van der Waals surface area contributed by atoms with Crippen LogP contribution in [0.2, 0.25) is 0 Å². The molecule has 2 N–H and O–H groups in total. The van der Waals surface area contributed by atoms with Gasteiger partial charge < -0.3 is 5.73 Å². The minimum atomic E-state index is 0.279. The van der Waals surface area contributed by atoms with E-state index in [0.717, 1.165) is 6.54 Å². The molecule has 4 nitrogen and oxygen atoms in total. The van der Waals surface area contributed by atoms with Crippen molar-refractivity contribution >= 4 is 0 Å². The van der Waals surface area contributed by atoms with Crippen LogP contribution in [-0.4, -0.2) is 34.8 Å². The van der Waals surface area contributed by atoms with Crippen LogP contribution < -0.4 is 5.73 Å². The first kappa shape index (κ1) is 12.2. The van der Waals surface area contributed by atoms with Crippen LogP contribution in [0.1, 0.15) is 25.5 Å². The average molecular weight is 210 g/mol. The molecule has 1 atom stereocenters. The van der Waals surface area contributed by atoms with Crippen LogP contribution in [0, 0.1) is 5.92 Å². The summed E-state index contributed by atoms with van der Waals surface area (Å²) in [6.45, 7) is 6.12. The molecule has 1 heterocycles. The van der Waals surface area contributed by atoms with Crippen molar-refractivity contribution in [3.63, 3.8) is 0 Å². The first-order valence-electron chi connectivity index (χ1n) is 5.43. The van der Waals surface area contributed by atoms with E-state index in [-0.39, 0.29) is 6.04 Å². The van der Waals surface area contributed by atoms with Crippen LogP contribution in [0.3, 0.4) is 0 Å². The fraction of sp³-hybridized carbons (Fsp3) is 0.727. The molecule has 0 bridgehead atoms. The maximum absolute atomic E-state index is 5.81. The average Bonchev–Trinajstić information content (AvgIpc) is 2.51. The lowest BCUT2D eigenvalue weighted by Gasteiger charge is -2.27. The molecule has 86 valence electrons. The highest BCUT2D eigenvalue weighted by Gasteiger charge is 2.17. The molecule has 0 fully saturated rings. The Hall–Kier alpha value is -0.870. The molecule has 0 aromatic carbocycles. The zero-order chi connectivity index (χ0) is 11.4. The lowest BCUT2D eigenvalue weighted by molar-refractivity contribution is 0.223. The monoisotopic (exact) mass is 210 g/mol. The van der Waals surface area contributed by atoms with Crippen molar-refractivity contribution < 1.29 is 0 Å². The summed E-state index contributed by atoms with van der Waals surface area (Å²) in [6, 6.07) is 0.279. The third-order valence-corrected chi connectivity index (χ3v) is 2.52. The highest BCUT2D eigenvalue weighted by molar-refractivity contribution is 5.10. The minimum absolute atomic E-state index is 0.279. The minimum Gasteiger partial charge on any atom is -0.329 e.